The Morgan fingerprint density at radius 1 is 1.41 bits per heavy atom. The van der Waals surface area contributed by atoms with Gasteiger partial charge in [-0.25, -0.2) is 0 Å². The van der Waals surface area contributed by atoms with Gasteiger partial charge in [0.15, 0.2) is 0 Å². The molecule has 2 rings (SSSR count). The molecule has 3 nitrogen and oxygen atoms in total. The summed E-state index contributed by atoms with van der Waals surface area (Å²) in [6.45, 7) is 4.85. The fraction of sp³-hybridized carbons (Fsp3) is 0.333. The molecule has 2 aromatic rings. The number of nitrogens with one attached hydrogen (secondary N) is 1. The van der Waals surface area contributed by atoms with Crippen molar-refractivity contribution in [2.45, 2.75) is 19.9 Å². The maximum Gasteiger partial charge on any atom is 0.0875 e. The molecule has 0 amide bonds. The Morgan fingerprint density at radius 2 is 2.24 bits per heavy atom. The van der Waals surface area contributed by atoms with Crippen molar-refractivity contribution in [2.75, 3.05) is 6.54 Å². The maximum absolute atomic E-state index is 6.17. The topological polar surface area (TPSA) is 37.8 Å². The second-order valence-electron chi connectivity index (χ2n) is 3.71. The van der Waals surface area contributed by atoms with Gasteiger partial charge in [-0.1, -0.05) is 18.5 Å². The molecule has 17 heavy (non-hydrogen) atoms. The van der Waals surface area contributed by atoms with Crippen LogP contribution < -0.4 is 5.32 Å². The molecule has 0 fully saturated rings. The van der Waals surface area contributed by atoms with E-state index in [0.717, 1.165) is 27.8 Å². The molecule has 1 N–H and O–H groups in total. The number of halogens is 1. The van der Waals surface area contributed by atoms with Gasteiger partial charge in [-0.05, 0) is 24.9 Å². The summed E-state index contributed by atoms with van der Waals surface area (Å²) in [6, 6.07) is 1.94. The van der Waals surface area contributed by atoms with E-state index in [4.69, 9.17) is 11.6 Å². The van der Waals surface area contributed by atoms with Crippen molar-refractivity contribution in [3.05, 3.63) is 45.1 Å². The van der Waals surface area contributed by atoms with Gasteiger partial charge in [-0.3, -0.25) is 9.97 Å². The van der Waals surface area contributed by atoms with Crippen molar-refractivity contribution < 1.29 is 0 Å². The van der Waals surface area contributed by atoms with E-state index in [1.165, 1.54) is 0 Å². The highest BCUT2D eigenvalue weighted by Gasteiger charge is 2.18. The Morgan fingerprint density at radius 3 is 2.76 bits per heavy atom. The molecule has 0 aliphatic carbocycles. The summed E-state index contributed by atoms with van der Waals surface area (Å²) in [6.07, 6.45) is 3.58. The first kappa shape index (κ1) is 12.5. The minimum atomic E-state index is 0.0283. The van der Waals surface area contributed by atoms with E-state index >= 15 is 0 Å². The first-order chi connectivity index (χ1) is 8.22. The highest BCUT2D eigenvalue weighted by molar-refractivity contribution is 7.10. The molecular weight excluding hydrogens is 254 g/mol. The van der Waals surface area contributed by atoms with Crippen molar-refractivity contribution in [2.24, 2.45) is 0 Å². The van der Waals surface area contributed by atoms with Crippen LogP contribution in [0.25, 0.3) is 0 Å². The summed E-state index contributed by atoms with van der Waals surface area (Å²) in [5.41, 5.74) is 1.82. The SMILES string of the molecule is CCNC(c1cnc(C)cn1)c1sccc1Cl. The third-order valence-electron chi connectivity index (χ3n) is 2.41. The van der Waals surface area contributed by atoms with Gasteiger partial charge < -0.3 is 5.32 Å². The van der Waals surface area contributed by atoms with Gasteiger partial charge in [-0.15, -0.1) is 11.3 Å². The van der Waals surface area contributed by atoms with E-state index in [2.05, 4.69) is 22.2 Å². The summed E-state index contributed by atoms with van der Waals surface area (Å²) in [5.74, 6) is 0. The van der Waals surface area contributed by atoms with Crippen molar-refractivity contribution in [3.8, 4) is 0 Å². The Bertz CT molecular complexity index is 481. The van der Waals surface area contributed by atoms with Crippen LogP contribution in [0.15, 0.2) is 23.8 Å². The molecule has 1 unspecified atom stereocenters. The molecule has 0 saturated heterocycles. The van der Waals surface area contributed by atoms with Crippen LogP contribution in [0.1, 0.15) is 29.2 Å². The third-order valence-corrected chi connectivity index (χ3v) is 3.84. The molecule has 0 spiro atoms. The summed E-state index contributed by atoms with van der Waals surface area (Å²) >= 11 is 7.81. The van der Waals surface area contributed by atoms with Crippen molar-refractivity contribution >= 4 is 22.9 Å². The lowest BCUT2D eigenvalue weighted by atomic mass is 10.1. The second-order valence-corrected chi connectivity index (χ2v) is 5.06. The molecule has 0 saturated carbocycles. The van der Waals surface area contributed by atoms with E-state index in [1.54, 1.807) is 23.7 Å². The molecule has 0 aliphatic rings. The number of hydrogen-bond acceptors (Lipinski definition) is 4. The maximum atomic E-state index is 6.17. The zero-order valence-electron chi connectivity index (χ0n) is 9.77. The number of aromatic nitrogens is 2. The smallest absolute Gasteiger partial charge is 0.0875 e. The molecule has 90 valence electrons. The minimum absolute atomic E-state index is 0.0283. The lowest BCUT2D eigenvalue weighted by Gasteiger charge is -2.16. The monoisotopic (exact) mass is 267 g/mol. The first-order valence-electron chi connectivity index (χ1n) is 5.47. The van der Waals surface area contributed by atoms with Crippen LogP contribution in [0, 0.1) is 6.92 Å². The van der Waals surface area contributed by atoms with Gasteiger partial charge in [0.05, 0.1) is 28.6 Å². The molecular formula is C12H14ClN3S. The summed E-state index contributed by atoms with van der Waals surface area (Å²) < 4.78 is 0. The number of hydrogen-bond donors (Lipinski definition) is 1. The first-order valence-corrected chi connectivity index (χ1v) is 6.73. The van der Waals surface area contributed by atoms with Crippen LogP contribution in [0.5, 0.6) is 0 Å². The third kappa shape index (κ3) is 2.83. The number of rotatable bonds is 4. The molecule has 0 bridgehead atoms. The minimum Gasteiger partial charge on any atom is -0.304 e. The van der Waals surface area contributed by atoms with Crippen LogP contribution >= 0.6 is 22.9 Å². The van der Waals surface area contributed by atoms with Gasteiger partial charge in [0, 0.05) is 11.1 Å². The number of aryl methyl sites for hydroxylation is 1. The molecule has 0 aromatic carbocycles. The Hall–Kier alpha value is -0.970. The van der Waals surface area contributed by atoms with Crippen molar-refractivity contribution in [3.63, 3.8) is 0 Å². The molecule has 5 heteroatoms. The van der Waals surface area contributed by atoms with E-state index in [9.17, 15) is 0 Å². The zero-order chi connectivity index (χ0) is 12.3. The highest BCUT2D eigenvalue weighted by Crippen LogP contribution is 2.31. The van der Waals surface area contributed by atoms with E-state index in [0.29, 0.717) is 0 Å². The molecule has 2 heterocycles. The van der Waals surface area contributed by atoms with E-state index < -0.39 is 0 Å². The fourth-order valence-electron chi connectivity index (χ4n) is 1.60. The zero-order valence-corrected chi connectivity index (χ0v) is 11.3. The quantitative estimate of drug-likeness (QED) is 0.924. The van der Waals surface area contributed by atoms with Crippen LogP contribution in [-0.2, 0) is 0 Å². The Balaban J connectivity index is 2.35. The Kier molecular flexibility index (Phi) is 4.10. The van der Waals surface area contributed by atoms with Crippen molar-refractivity contribution in [1.29, 1.82) is 0 Å². The highest BCUT2D eigenvalue weighted by atomic mass is 35.5. The predicted molar refractivity (Wildman–Crippen MR) is 71.6 cm³/mol. The van der Waals surface area contributed by atoms with Gasteiger partial charge in [-0.2, -0.15) is 0 Å². The number of thiophene rings is 1. The fourth-order valence-corrected chi connectivity index (χ4v) is 2.85. The lowest BCUT2D eigenvalue weighted by molar-refractivity contribution is 0.621. The normalized spacial score (nSPS) is 12.6. The van der Waals surface area contributed by atoms with E-state index in [1.807, 2.05) is 18.4 Å². The second kappa shape index (κ2) is 5.58. The van der Waals surface area contributed by atoms with Gasteiger partial charge in [0.2, 0.25) is 0 Å². The summed E-state index contributed by atoms with van der Waals surface area (Å²) in [4.78, 5) is 9.79. The Labute approximate surface area is 110 Å². The average Bonchev–Trinajstić information content (AvgIpc) is 2.74. The summed E-state index contributed by atoms with van der Waals surface area (Å²) in [7, 11) is 0. The average molecular weight is 268 g/mol. The molecule has 1 atom stereocenters. The van der Waals surface area contributed by atoms with Gasteiger partial charge >= 0.3 is 0 Å². The van der Waals surface area contributed by atoms with Gasteiger partial charge in [0.25, 0.3) is 0 Å². The largest absolute Gasteiger partial charge is 0.304 e. The lowest BCUT2D eigenvalue weighted by Crippen LogP contribution is -2.22. The predicted octanol–water partition coefficient (Wildman–Crippen LogP) is 3.20. The van der Waals surface area contributed by atoms with Crippen LogP contribution in [0.4, 0.5) is 0 Å². The van der Waals surface area contributed by atoms with E-state index in [-0.39, 0.29) is 6.04 Å². The number of nitrogens with zero attached hydrogens (tertiary/aromatic N) is 2. The molecule has 2 aromatic heterocycles. The van der Waals surface area contributed by atoms with Crippen molar-refractivity contribution in [1.82, 2.24) is 15.3 Å². The summed E-state index contributed by atoms with van der Waals surface area (Å²) in [5, 5.41) is 6.16. The molecule has 0 aliphatic heterocycles. The van der Waals surface area contributed by atoms with Gasteiger partial charge in [0.1, 0.15) is 0 Å². The molecule has 0 radical (unpaired) electrons. The van der Waals surface area contributed by atoms with Crippen LogP contribution in [0.3, 0.4) is 0 Å². The van der Waals surface area contributed by atoms with Crippen LogP contribution in [0.2, 0.25) is 5.02 Å². The standard InChI is InChI=1S/C12H14ClN3S/c1-3-14-11(12-9(13)4-5-17-12)10-7-15-8(2)6-16-10/h4-7,11,14H,3H2,1-2H3. The van der Waals surface area contributed by atoms with Crippen LogP contribution in [-0.4, -0.2) is 16.5 Å².